The molecule has 1 unspecified atom stereocenters. The van der Waals surface area contributed by atoms with Crippen molar-refractivity contribution in [2.45, 2.75) is 37.8 Å². The molecule has 3 atom stereocenters. The lowest BCUT2D eigenvalue weighted by Crippen LogP contribution is -2.48. The number of carbonyl (C=O) groups is 3. The highest BCUT2D eigenvalue weighted by Gasteiger charge is 2.36. The van der Waals surface area contributed by atoms with E-state index in [-0.39, 0.29) is 31.4 Å². The average molecular weight is 477 g/mol. The molecule has 2 aromatic carbocycles. The lowest BCUT2D eigenvalue weighted by atomic mass is 9.98. The molecular formula is C27H28N2O6. The van der Waals surface area contributed by atoms with E-state index in [0.717, 1.165) is 22.3 Å². The minimum absolute atomic E-state index is 0.00690. The Morgan fingerprint density at radius 3 is 2.40 bits per heavy atom. The molecule has 0 spiro atoms. The van der Waals surface area contributed by atoms with Crippen LogP contribution in [0, 0.1) is 17.8 Å². The van der Waals surface area contributed by atoms with E-state index in [2.05, 4.69) is 46.7 Å². The van der Waals surface area contributed by atoms with Gasteiger partial charge < -0.3 is 25.2 Å². The Morgan fingerprint density at radius 2 is 1.77 bits per heavy atom. The molecule has 35 heavy (non-hydrogen) atoms. The van der Waals surface area contributed by atoms with E-state index >= 15 is 0 Å². The van der Waals surface area contributed by atoms with Gasteiger partial charge in [-0.05, 0) is 35.6 Å². The average Bonchev–Trinajstić information content (AvgIpc) is 3.46. The fraction of sp³-hybridized carbons (Fsp3) is 0.370. The predicted octanol–water partition coefficient (Wildman–Crippen LogP) is 2.91. The van der Waals surface area contributed by atoms with E-state index in [0.29, 0.717) is 13.0 Å². The van der Waals surface area contributed by atoms with Crippen LogP contribution in [-0.4, -0.2) is 55.0 Å². The van der Waals surface area contributed by atoms with Crippen LogP contribution in [0.2, 0.25) is 0 Å². The monoisotopic (exact) mass is 476 g/mol. The van der Waals surface area contributed by atoms with Crippen LogP contribution < -0.4 is 10.6 Å². The fourth-order valence-corrected chi connectivity index (χ4v) is 4.65. The van der Waals surface area contributed by atoms with Gasteiger partial charge in [-0.2, -0.15) is 0 Å². The summed E-state index contributed by atoms with van der Waals surface area (Å²) in [6.45, 7) is 2.33. The summed E-state index contributed by atoms with van der Waals surface area (Å²) in [5, 5.41) is 14.5. The van der Waals surface area contributed by atoms with Crippen LogP contribution in [0.3, 0.4) is 0 Å². The molecule has 1 aliphatic carbocycles. The van der Waals surface area contributed by atoms with E-state index in [1.54, 1.807) is 6.92 Å². The maximum atomic E-state index is 12.6. The standard InChI is InChI=1S/C27H28N2O6/c1-2-3-12-23(26(31)32)29-25(30)24-17(13-14-34-24)15-28-27(33)35-16-22-20-10-6-4-8-18(20)19-9-5-7-11-21(19)22/h4-11,17,22-24H,12-16H2,1H3,(H,28,33)(H,29,30)(H,31,32)/t17-,23?,24-/m1/s1. The van der Waals surface area contributed by atoms with Crippen molar-refractivity contribution >= 4 is 18.0 Å². The summed E-state index contributed by atoms with van der Waals surface area (Å²) in [4.78, 5) is 36.5. The third kappa shape index (κ3) is 5.47. The molecule has 0 bridgehead atoms. The summed E-state index contributed by atoms with van der Waals surface area (Å²) in [5.41, 5.74) is 4.56. The SMILES string of the molecule is CC#CCC(NC(=O)[C@@H]1OCC[C@@H]1CNC(=O)OCC1c2ccccc2-c2ccccc21)C(=O)O. The molecule has 1 fully saturated rings. The first-order valence-electron chi connectivity index (χ1n) is 11.6. The Bertz CT molecular complexity index is 1120. The molecule has 0 aromatic heterocycles. The molecule has 4 rings (SSSR count). The number of alkyl carbamates (subject to hydrolysis) is 1. The Morgan fingerprint density at radius 1 is 1.11 bits per heavy atom. The maximum Gasteiger partial charge on any atom is 0.407 e. The van der Waals surface area contributed by atoms with Gasteiger partial charge in [0.25, 0.3) is 0 Å². The molecule has 182 valence electrons. The first kappa shape index (κ1) is 24.3. The number of fused-ring (bicyclic) bond motifs is 3. The zero-order chi connectivity index (χ0) is 24.8. The van der Waals surface area contributed by atoms with Gasteiger partial charge in [0.1, 0.15) is 18.8 Å². The molecular weight excluding hydrogens is 448 g/mol. The minimum Gasteiger partial charge on any atom is -0.480 e. The second kappa shape index (κ2) is 11.1. The summed E-state index contributed by atoms with van der Waals surface area (Å²) in [5.74, 6) is 3.28. The van der Waals surface area contributed by atoms with E-state index in [9.17, 15) is 19.5 Å². The van der Waals surface area contributed by atoms with Gasteiger partial charge in [-0.3, -0.25) is 4.79 Å². The lowest BCUT2D eigenvalue weighted by molar-refractivity contribution is -0.143. The summed E-state index contributed by atoms with van der Waals surface area (Å²) in [6.07, 6.45) is -0.846. The van der Waals surface area contributed by atoms with Crippen molar-refractivity contribution < 1.29 is 29.0 Å². The predicted molar refractivity (Wildman–Crippen MR) is 129 cm³/mol. The number of nitrogens with one attached hydrogen (secondary N) is 2. The molecule has 3 N–H and O–H groups in total. The van der Waals surface area contributed by atoms with Gasteiger partial charge in [-0.25, -0.2) is 9.59 Å². The number of carboxylic acid groups (broad SMARTS) is 1. The first-order chi connectivity index (χ1) is 17.0. The second-order valence-electron chi connectivity index (χ2n) is 8.58. The highest BCUT2D eigenvalue weighted by Crippen LogP contribution is 2.44. The van der Waals surface area contributed by atoms with Crippen molar-refractivity contribution in [2.75, 3.05) is 19.8 Å². The van der Waals surface area contributed by atoms with Crippen LogP contribution in [0.5, 0.6) is 0 Å². The molecule has 2 aromatic rings. The summed E-state index contributed by atoms with van der Waals surface area (Å²) >= 11 is 0. The quantitative estimate of drug-likeness (QED) is 0.505. The van der Waals surface area contributed by atoms with Gasteiger partial charge in [-0.1, -0.05) is 48.5 Å². The molecule has 0 saturated carbocycles. The van der Waals surface area contributed by atoms with Crippen molar-refractivity contribution in [3.63, 3.8) is 0 Å². The van der Waals surface area contributed by atoms with Gasteiger partial charge in [0.05, 0.1) is 0 Å². The summed E-state index contributed by atoms with van der Waals surface area (Å²) in [7, 11) is 0. The lowest BCUT2D eigenvalue weighted by Gasteiger charge is -2.21. The Kier molecular flexibility index (Phi) is 7.68. The van der Waals surface area contributed by atoms with Crippen molar-refractivity contribution in [3.8, 4) is 23.0 Å². The number of hydrogen-bond acceptors (Lipinski definition) is 5. The van der Waals surface area contributed by atoms with Crippen LogP contribution in [0.4, 0.5) is 4.79 Å². The van der Waals surface area contributed by atoms with Crippen molar-refractivity contribution in [1.29, 1.82) is 0 Å². The Balaban J connectivity index is 1.30. The third-order valence-electron chi connectivity index (χ3n) is 6.42. The molecule has 1 aliphatic heterocycles. The van der Waals surface area contributed by atoms with E-state index in [4.69, 9.17) is 9.47 Å². The van der Waals surface area contributed by atoms with Crippen LogP contribution in [0.15, 0.2) is 48.5 Å². The minimum atomic E-state index is -1.16. The van der Waals surface area contributed by atoms with Crippen LogP contribution >= 0.6 is 0 Å². The highest BCUT2D eigenvalue weighted by molar-refractivity contribution is 5.87. The van der Waals surface area contributed by atoms with Crippen LogP contribution in [-0.2, 0) is 19.1 Å². The Labute approximate surface area is 204 Å². The number of benzene rings is 2. The molecule has 8 heteroatoms. The molecule has 8 nitrogen and oxygen atoms in total. The van der Waals surface area contributed by atoms with Crippen molar-refractivity contribution in [2.24, 2.45) is 5.92 Å². The van der Waals surface area contributed by atoms with Crippen molar-refractivity contribution in [3.05, 3.63) is 59.7 Å². The normalized spacial score (nSPS) is 19.0. The fourth-order valence-electron chi connectivity index (χ4n) is 4.65. The number of ether oxygens (including phenoxy) is 2. The zero-order valence-electron chi connectivity index (χ0n) is 19.5. The van der Waals surface area contributed by atoms with Gasteiger partial charge in [0, 0.05) is 31.4 Å². The zero-order valence-corrected chi connectivity index (χ0v) is 19.5. The van der Waals surface area contributed by atoms with Gasteiger partial charge in [0.2, 0.25) is 5.91 Å². The first-order valence-corrected chi connectivity index (χ1v) is 11.6. The smallest absolute Gasteiger partial charge is 0.407 e. The number of rotatable bonds is 8. The number of hydrogen-bond donors (Lipinski definition) is 3. The van der Waals surface area contributed by atoms with E-state index in [1.807, 2.05) is 24.3 Å². The third-order valence-corrected chi connectivity index (χ3v) is 6.42. The molecule has 0 radical (unpaired) electrons. The molecule has 2 aliphatic rings. The number of carbonyl (C=O) groups excluding carboxylic acids is 2. The van der Waals surface area contributed by atoms with Gasteiger partial charge in [0.15, 0.2) is 0 Å². The van der Waals surface area contributed by atoms with E-state index < -0.39 is 30.1 Å². The van der Waals surface area contributed by atoms with Crippen LogP contribution in [0.25, 0.3) is 11.1 Å². The topological polar surface area (TPSA) is 114 Å². The summed E-state index contributed by atoms with van der Waals surface area (Å²) < 4.78 is 11.1. The Hall–Kier alpha value is -3.83. The highest BCUT2D eigenvalue weighted by atomic mass is 16.5. The van der Waals surface area contributed by atoms with Crippen molar-refractivity contribution in [1.82, 2.24) is 10.6 Å². The van der Waals surface area contributed by atoms with E-state index in [1.165, 1.54) is 0 Å². The largest absolute Gasteiger partial charge is 0.480 e. The maximum absolute atomic E-state index is 12.6. The number of amides is 2. The van der Waals surface area contributed by atoms with Gasteiger partial charge in [-0.15, -0.1) is 11.8 Å². The second-order valence-corrected chi connectivity index (χ2v) is 8.58. The van der Waals surface area contributed by atoms with Crippen LogP contribution in [0.1, 0.15) is 36.8 Å². The van der Waals surface area contributed by atoms with Gasteiger partial charge >= 0.3 is 12.1 Å². The molecule has 1 heterocycles. The molecule has 1 saturated heterocycles. The number of carboxylic acids is 1. The summed E-state index contributed by atoms with van der Waals surface area (Å²) in [6, 6.07) is 15.1. The number of aliphatic carboxylic acids is 1. The molecule has 2 amide bonds.